The van der Waals surface area contributed by atoms with Crippen LogP contribution < -0.4 is 0 Å². The second-order valence-corrected chi connectivity index (χ2v) is 4.27. The molecule has 0 spiro atoms. The maximum Gasteiger partial charge on any atom is 0.234 e. The minimum Gasteiger partial charge on any atom is -0.393 e. The van der Waals surface area contributed by atoms with E-state index >= 15 is 0 Å². The van der Waals surface area contributed by atoms with Crippen LogP contribution in [0.3, 0.4) is 0 Å². The van der Waals surface area contributed by atoms with E-state index in [2.05, 4.69) is 10.0 Å². The van der Waals surface area contributed by atoms with E-state index in [1.165, 1.54) is 0 Å². The van der Waals surface area contributed by atoms with Gasteiger partial charge in [0.2, 0.25) is 5.91 Å². The molecule has 1 fully saturated rings. The summed E-state index contributed by atoms with van der Waals surface area (Å²) in [5.41, 5.74) is 7.31. The van der Waals surface area contributed by atoms with Crippen molar-refractivity contribution in [2.45, 2.75) is 38.3 Å². The normalized spacial score (nSPS) is 18.5. The predicted octanol–water partition coefficient (Wildman–Crippen LogP) is 1.06. The van der Waals surface area contributed by atoms with Crippen LogP contribution in [-0.4, -0.2) is 40.6 Å². The van der Waals surface area contributed by atoms with Gasteiger partial charge in [-0.25, -0.2) is 0 Å². The first-order valence-electron chi connectivity index (χ1n) is 5.01. The van der Waals surface area contributed by atoms with E-state index in [-0.39, 0.29) is 12.0 Å². The summed E-state index contributed by atoms with van der Waals surface area (Å²) in [4.78, 5) is 16.2. The van der Waals surface area contributed by atoms with Gasteiger partial charge in [0.05, 0.1) is 6.10 Å². The van der Waals surface area contributed by atoms with Gasteiger partial charge in [-0.1, -0.05) is 5.11 Å². The van der Waals surface area contributed by atoms with Crippen molar-refractivity contribution in [1.29, 1.82) is 0 Å². The molecule has 0 aliphatic carbocycles. The number of carbonyl (C=O) groups excluding carboxylic acids is 1. The molecule has 0 saturated carbocycles. The Hall–Kier alpha value is -1.26. The molecule has 1 amide bonds. The van der Waals surface area contributed by atoms with Crippen LogP contribution in [0.5, 0.6) is 0 Å². The Labute approximate surface area is 88.5 Å². The highest BCUT2D eigenvalue weighted by atomic mass is 16.3. The van der Waals surface area contributed by atoms with Crippen LogP contribution in [0.2, 0.25) is 0 Å². The SMILES string of the molecule is CC(C)(N=[N+]=[N-])C(=O)N1CCC(O)CC1. The van der Waals surface area contributed by atoms with E-state index in [0.29, 0.717) is 25.9 Å². The quantitative estimate of drug-likeness (QED) is 0.421. The Bertz CT molecular complexity index is 288. The van der Waals surface area contributed by atoms with Gasteiger partial charge in [0.1, 0.15) is 5.54 Å². The van der Waals surface area contributed by atoms with Crippen LogP contribution in [0.15, 0.2) is 5.11 Å². The Morgan fingerprint density at radius 1 is 1.53 bits per heavy atom. The molecule has 84 valence electrons. The van der Waals surface area contributed by atoms with E-state index in [1.807, 2.05) is 0 Å². The third kappa shape index (κ3) is 2.84. The van der Waals surface area contributed by atoms with Crippen molar-refractivity contribution < 1.29 is 9.90 Å². The summed E-state index contributed by atoms with van der Waals surface area (Å²) in [6, 6.07) is 0. The average Bonchev–Trinajstić information content (AvgIpc) is 2.18. The predicted molar refractivity (Wildman–Crippen MR) is 55.0 cm³/mol. The summed E-state index contributed by atoms with van der Waals surface area (Å²) >= 11 is 0. The molecule has 1 N–H and O–H groups in total. The first-order chi connectivity index (χ1) is 6.97. The van der Waals surface area contributed by atoms with Crippen molar-refractivity contribution in [2.24, 2.45) is 5.11 Å². The minimum atomic E-state index is -1.03. The first-order valence-corrected chi connectivity index (χ1v) is 5.01. The third-order valence-corrected chi connectivity index (χ3v) is 2.57. The zero-order valence-corrected chi connectivity index (χ0v) is 9.05. The molecule has 0 bridgehead atoms. The van der Waals surface area contributed by atoms with Crippen LogP contribution in [-0.2, 0) is 4.79 Å². The highest BCUT2D eigenvalue weighted by Crippen LogP contribution is 2.18. The average molecular weight is 212 g/mol. The number of aliphatic hydroxyl groups is 1. The number of hydrogen-bond donors (Lipinski definition) is 1. The van der Waals surface area contributed by atoms with Crippen LogP contribution in [0.4, 0.5) is 0 Å². The number of carbonyl (C=O) groups is 1. The number of nitrogens with zero attached hydrogens (tertiary/aromatic N) is 4. The Kier molecular flexibility index (Phi) is 3.55. The molecule has 6 nitrogen and oxygen atoms in total. The fourth-order valence-corrected chi connectivity index (χ4v) is 1.61. The van der Waals surface area contributed by atoms with Crippen molar-refractivity contribution in [2.75, 3.05) is 13.1 Å². The minimum absolute atomic E-state index is 0.174. The van der Waals surface area contributed by atoms with Crippen LogP contribution >= 0.6 is 0 Å². The molecule has 0 aromatic heterocycles. The number of piperidine rings is 1. The maximum absolute atomic E-state index is 11.9. The number of azide groups is 1. The molecular formula is C9H16N4O2. The molecule has 0 radical (unpaired) electrons. The number of aliphatic hydroxyl groups excluding tert-OH is 1. The Morgan fingerprint density at radius 2 is 2.07 bits per heavy atom. The van der Waals surface area contributed by atoms with Crippen molar-refractivity contribution in [3.63, 3.8) is 0 Å². The van der Waals surface area contributed by atoms with Crippen LogP contribution in [0.25, 0.3) is 10.4 Å². The van der Waals surface area contributed by atoms with E-state index < -0.39 is 5.54 Å². The summed E-state index contributed by atoms with van der Waals surface area (Å²) in [5, 5.41) is 12.8. The topological polar surface area (TPSA) is 89.3 Å². The van der Waals surface area contributed by atoms with Crippen molar-refractivity contribution in [3.8, 4) is 0 Å². The summed E-state index contributed by atoms with van der Waals surface area (Å²) in [6.45, 7) is 4.26. The lowest BCUT2D eigenvalue weighted by atomic mass is 10.0. The summed E-state index contributed by atoms with van der Waals surface area (Å²) < 4.78 is 0. The van der Waals surface area contributed by atoms with Gasteiger partial charge in [0.25, 0.3) is 0 Å². The smallest absolute Gasteiger partial charge is 0.234 e. The second kappa shape index (κ2) is 4.51. The Balaban J connectivity index is 2.64. The number of likely N-dealkylation sites (tertiary alicyclic amines) is 1. The van der Waals surface area contributed by atoms with E-state index in [9.17, 15) is 9.90 Å². The molecular weight excluding hydrogens is 196 g/mol. The molecule has 0 unspecified atom stereocenters. The van der Waals surface area contributed by atoms with Crippen LogP contribution in [0.1, 0.15) is 26.7 Å². The Morgan fingerprint density at radius 3 is 2.53 bits per heavy atom. The molecule has 15 heavy (non-hydrogen) atoms. The summed E-state index contributed by atoms with van der Waals surface area (Å²) in [7, 11) is 0. The molecule has 1 aliphatic heterocycles. The van der Waals surface area contributed by atoms with Gasteiger partial charge in [-0.3, -0.25) is 4.79 Å². The molecule has 1 rings (SSSR count). The van der Waals surface area contributed by atoms with Gasteiger partial charge in [0.15, 0.2) is 0 Å². The number of amides is 1. The molecule has 1 saturated heterocycles. The van der Waals surface area contributed by atoms with Crippen molar-refractivity contribution in [3.05, 3.63) is 10.4 Å². The van der Waals surface area contributed by atoms with Gasteiger partial charge < -0.3 is 10.0 Å². The van der Waals surface area contributed by atoms with Gasteiger partial charge >= 0.3 is 0 Å². The lowest BCUT2D eigenvalue weighted by molar-refractivity contribution is -0.137. The lowest BCUT2D eigenvalue weighted by Crippen LogP contribution is -2.48. The molecule has 1 aliphatic rings. The monoisotopic (exact) mass is 212 g/mol. The van der Waals surface area contributed by atoms with Gasteiger partial charge in [0, 0.05) is 18.0 Å². The standard InChI is InChI=1S/C9H16N4O2/c1-9(2,11-12-10)8(15)13-5-3-7(14)4-6-13/h7,14H,3-6H2,1-2H3. The lowest BCUT2D eigenvalue weighted by Gasteiger charge is -2.33. The molecule has 1 heterocycles. The zero-order valence-electron chi connectivity index (χ0n) is 9.05. The van der Waals surface area contributed by atoms with E-state index in [1.54, 1.807) is 18.7 Å². The fraction of sp³-hybridized carbons (Fsp3) is 0.889. The van der Waals surface area contributed by atoms with Crippen molar-refractivity contribution >= 4 is 5.91 Å². The maximum atomic E-state index is 11.9. The summed E-state index contributed by atoms with van der Waals surface area (Å²) in [6.07, 6.45) is 0.882. The first kappa shape index (κ1) is 11.8. The van der Waals surface area contributed by atoms with Gasteiger partial charge in [-0.2, -0.15) is 0 Å². The third-order valence-electron chi connectivity index (χ3n) is 2.57. The highest BCUT2D eigenvalue weighted by molar-refractivity contribution is 5.85. The number of rotatable bonds is 2. The van der Waals surface area contributed by atoms with Gasteiger partial charge in [-0.05, 0) is 32.2 Å². The van der Waals surface area contributed by atoms with E-state index in [4.69, 9.17) is 5.53 Å². The zero-order chi connectivity index (χ0) is 11.5. The molecule has 0 aromatic carbocycles. The fourth-order valence-electron chi connectivity index (χ4n) is 1.61. The van der Waals surface area contributed by atoms with E-state index in [0.717, 1.165) is 0 Å². The van der Waals surface area contributed by atoms with Crippen molar-refractivity contribution in [1.82, 2.24) is 4.90 Å². The number of hydrogen-bond acceptors (Lipinski definition) is 3. The second-order valence-electron chi connectivity index (χ2n) is 4.27. The van der Waals surface area contributed by atoms with Crippen LogP contribution in [0, 0.1) is 0 Å². The highest BCUT2D eigenvalue weighted by Gasteiger charge is 2.32. The largest absolute Gasteiger partial charge is 0.393 e. The van der Waals surface area contributed by atoms with Gasteiger partial charge in [-0.15, -0.1) is 0 Å². The molecule has 6 heteroatoms. The summed E-state index contributed by atoms with van der Waals surface area (Å²) in [5.74, 6) is -0.174. The molecule has 0 aromatic rings. The molecule has 0 atom stereocenters.